The Morgan fingerprint density at radius 2 is 2.05 bits per heavy atom. The van der Waals surface area contributed by atoms with Gasteiger partial charge in [0.2, 0.25) is 0 Å². The molecular formula is C14H19N3OS. The molecule has 2 rings (SSSR count). The SMILES string of the molecule is CCCCCC(C)C(=O)c1cscc1-n1nccn1. The lowest BCUT2D eigenvalue weighted by atomic mass is 9.95. The van der Waals surface area contributed by atoms with Crippen LogP contribution in [0.25, 0.3) is 5.69 Å². The first-order valence-electron chi connectivity index (χ1n) is 6.71. The van der Waals surface area contributed by atoms with Crippen LogP contribution >= 0.6 is 11.3 Å². The summed E-state index contributed by atoms with van der Waals surface area (Å²) in [4.78, 5) is 14.0. The quantitative estimate of drug-likeness (QED) is 0.572. The van der Waals surface area contributed by atoms with E-state index in [0.29, 0.717) is 0 Å². The number of unbranched alkanes of at least 4 members (excludes halogenated alkanes) is 2. The standard InChI is InChI=1S/C14H19N3OS/c1-3-4-5-6-11(2)14(18)12-9-19-10-13(12)17-15-7-8-16-17/h7-11H,3-6H2,1-2H3. The molecule has 2 aromatic rings. The minimum Gasteiger partial charge on any atom is -0.294 e. The van der Waals surface area contributed by atoms with Crippen molar-refractivity contribution < 1.29 is 4.79 Å². The van der Waals surface area contributed by atoms with Crippen LogP contribution in [-0.2, 0) is 0 Å². The first-order chi connectivity index (χ1) is 9.24. The molecule has 0 radical (unpaired) electrons. The second-order valence-corrected chi connectivity index (χ2v) is 5.49. The molecule has 5 heteroatoms. The number of hydrogen-bond donors (Lipinski definition) is 0. The van der Waals surface area contributed by atoms with Crippen molar-refractivity contribution in [3.8, 4) is 5.69 Å². The minimum atomic E-state index is 0.0652. The highest BCUT2D eigenvalue weighted by molar-refractivity contribution is 7.08. The van der Waals surface area contributed by atoms with Crippen LogP contribution in [0, 0.1) is 5.92 Å². The fraction of sp³-hybridized carbons (Fsp3) is 0.500. The van der Waals surface area contributed by atoms with E-state index in [1.165, 1.54) is 29.0 Å². The second kappa shape index (κ2) is 6.61. The van der Waals surface area contributed by atoms with Crippen LogP contribution in [0.1, 0.15) is 49.9 Å². The summed E-state index contributed by atoms with van der Waals surface area (Å²) in [5, 5.41) is 12.0. The normalized spacial score (nSPS) is 12.5. The average Bonchev–Trinajstić information content (AvgIpc) is 3.08. The highest BCUT2D eigenvalue weighted by atomic mass is 32.1. The largest absolute Gasteiger partial charge is 0.294 e. The molecule has 0 N–H and O–H groups in total. The third-order valence-corrected chi connectivity index (χ3v) is 3.96. The van der Waals surface area contributed by atoms with Gasteiger partial charge in [0.15, 0.2) is 5.78 Å². The van der Waals surface area contributed by atoms with E-state index < -0.39 is 0 Å². The van der Waals surface area contributed by atoms with E-state index >= 15 is 0 Å². The molecule has 0 bridgehead atoms. The molecule has 1 unspecified atom stereocenters. The Morgan fingerprint density at radius 3 is 2.74 bits per heavy atom. The smallest absolute Gasteiger partial charge is 0.168 e. The van der Waals surface area contributed by atoms with Crippen molar-refractivity contribution in [2.75, 3.05) is 0 Å². The lowest BCUT2D eigenvalue weighted by Crippen LogP contribution is -2.13. The average molecular weight is 277 g/mol. The molecule has 0 aromatic carbocycles. The molecule has 0 fully saturated rings. The summed E-state index contributed by atoms with van der Waals surface area (Å²) in [7, 11) is 0. The van der Waals surface area contributed by atoms with E-state index in [9.17, 15) is 4.79 Å². The number of Topliss-reactive ketones (excluding diaryl/α,β-unsaturated/α-hetero) is 1. The van der Waals surface area contributed by atoms with Gasteiger partial charge in [-0.3, -0.25) is 4.79 Å². The number of hydrogen-bond acceptors (Lipinski definition) is 4. The molecule has 0 aliphatic rings. The van der Waals surface area contributed by atoms with Gasteiger partial charge in [0.05, 0.1) is 18.0 Å². The van der Waals surface area contributed by atoms with Gasteiger partial charge in [-0.25, -0.2) is 0 Å². The molecule has 4 nitrogen and oxygen atoms in total. The monoisotopic (exact) mass is 277 g/mol. The van der Waals surface area contributed by atoms with Gasteiger partial charge in [-0.15, -0.1) is 11.3 Å². The van der Waals surface area contributed by atoms with Crippen LogP contribution in [-0.4, -0.2) is 20.8 Å². The molecule has 0 amide bonds. The molecule has 0 aliphatic heterocycles. The maximum Gasteiger partial charge on any atom is 0.168 e. The summed E-state index contributed by atoms with van der Waals surface area (Å²) in [6, 6.07) is 0. The van der Waals surface area contributed by atoms with Crippen molar-refractivity contribution in [3.05, 3.63) is 28.7 Å². The van der Waals surface area contributed by atoms with Gasteiger partial charge in [-0.05, 0) is 6.42 Å². The first kappa shape index (κ1) is 13.9. The number of rotatable bonds is 7. The van der Waals surface area contributed by atoms with E-state index in [2.05, 4.69) is 17.1 Å². The zero-order valence-electron chi connectivity index (χ0n) is 11.4. The van der Waals surface area contributed by atoms with Crippen LogP contribution in [0.4, 0.5) is 0 Å². The summed E-state index contributed by atoms with van der Waals surface area (Å²) < 4.78 is 0. The predicted octanol–water partition coefficient (Wildman–Crippen LogP) is 3.73. The van der Waals surface area contributed by atoms with Crippen LogP contribution < -0.4 is 0 Å². The summed E-state index contributed by atoms with van der Waals surface area (Å²) in [5.74, 6) is 0.264. The Hall–Kier alpha value is -1.49. The van der Waals surface area contributed by atoms with Gasteiger partial charge in [0.1, 0.15) is 5.69 Å². The maximum atomic E-state index is 12.5. The van der Waals surface area contributed by atoms with Crippen molar-refractivity contribution in [3.63, 3.8) is 0 Å². The van der Waals surface area contributed by atoms with Gasteiger partial charge in [0, 0.05) is 16.7 Å². The Labute approximate surface area is 117 Å². The van der Waals surface area contributed by atoms with E-state index in [0.717, 1.165) is 24.1 Å². The molecule has 1 atom stereocenters. The highest BCUT2D eigenvalue weighted by Gasteiger charge is 2.20. The van der Waals surface area contributed by atoms with Crippen molar-refractivity contribution in [2.45, 2.75) is 39.5 Å². The number of thiophene rings is 1. The van der Waals surface area contributed by atoms with Crippen LogP contribution in [0.15, 0.2) is 23.2 Å². The third-order valence-electron chi connectivity index (χ3n) is 3.23. The van der Waals surface area contributed by atoms with Crippen molar-refractivity contribution in [1.82, 2.24) is 15.0 Å². The lowest BCUT2D eigenvalue weighted by Gasteiger charge is -2.10. The number of carbonyl (C=O) groups excluding carboxylic acids is 1. The summed E-state index contributed by atoms with van der Waals surface area (Å²) in [5.41, 5.74) is 1.53. The molecule has 0 saturated carbocycles. The topological polar surface area (TPSA) is 47.8 Å². The summed E-state index contributed by atoms with van der Waals surface area (Å²) >= 11 is 1.52. The van der Waals surface area contributed by atoms with Gasteiger partial charge in [-0.1, -0.05) is 33.1 Å². The Bertz CT molecular complexity index is 519. The molecule has 2 heterocycles. The minimum absolute atomic E-state index is 0.0652. The molecule has 0 saturated heterocycles. The third kappa shape index (κ3) is 3.29. The van der Waals surface area contributed by atoms with Gasteiger partial charge < -0.3 is 0 Å². The summed E-state index contributed by atoms with van der Waals surface area (Å²) in [6.07, 6.45) is 7.68. The maximum absolute atomic E-state index is 12.5. The van der Waals surface area contributed by atoms with E-state index in [1.807, 2.05) is 17.7 Å². The van der Waals surface area contributed by atoms with E-state index in [4.69, 9.17) is 0 Å². The van der Waals surface area contributed by atoms with Crippen molar-refractivity contribution in [1.29, 1.82) is 0 Å². The molecule has 19 heavy (non-hydrogen) atoms. The van der Waals surface area contributed by atoms with Crippen LogP contribution in [0.3, 0.4) is 0 Å². The van der Waals surface area contributed by atoms with E-state index in [1.54, 1.807) is 12.4 Å². The van der Waals surface area contributed by atoms with Gasteiger partial charge >= 0.3 is 0 Å². The second-order valence-electron chi connectivity index (χ2n) is 4.75. The Morgan fingerprint density at radius 1 is 1.32 bits per heavy atom. The zero-order valence-corrected chi connectivity index (χ0v) is 12.2. The first-order valence-corrected chi connectivity index (χ1v) is 7.65. The Balaban J connectivity index is 2.10. The zero-order chi connectivity index (χ0) is 13.7. The highest BCUT2D eigenvalue weighted by Crippen LogP contribution is 2.23. The van der Waals surface area contributed by atoms with Gasteiger partial charge in [-0.2, -0.15) is 15.0 Å². The van der Waals surface area contributed by atoms with Crippen LogP contribution in [0.5, 0.6) is 0 Å². The van der Waals surface area contributed by atoms with E-state index in [-0.39, 0.29) is 11.7 Å². The fourth-order valence-corrected chi connectivity index (χ4v) is 2.86. The molecule has 0 spiro atoms. The Kier molecular flexibility index (Phi) is 4.85. The van der Waals surface area contributed by atoms with Gasteiger partial charge in [0.25, 0.3) is 0 Å². The fourth-order valence-electron chi connectivity index (χ4n) is 2.07. The number of nitrogens with zero attached hydrogens (tertiary/aromatic N) is 3. The number of carbonyl (C=O) groups is 1. The molecule has 0 aliphatic carbocycles. The predicted molar refractivity (Wildman–Crippen MR) is 76.9 cm³/mol. The molecule has 102 valence electrons. The van der Waals surface area contributed by atoms with Crippen molar-refractivity contribution in [2.24, 2.45) is 5.92 Å². The lowest BCUT2D eigenvalue weighted by molar-refractivity contribution is 0.0922. The summed E-state index contributed by atoms with van der Waals surface area (Å²) in [6.45, 7) is 4.18. The van der Waals surface area contributed by atoms with Crippen molar-refractivity contribution >= 4 is 17.1 Å². The molecular weight excluding hydrogens is 258 g/mol. The molecule has 2 aromatic heterocycles. The number of aromatic nitrogens is 3. The van der Waals surface area contributed by atoms with Crippen LogP contribution in [0.2, 0.25) is 0 Å². The number of ketones is 1.